The maximum Gasteiger partial charge on any atom is 0.245 e. The Morgan fingerprint density at radius 1 is 0.461 bits per heavy atom. The SMILES string of the molecule is CC[C@H](C)[C@@H]([C@@H](CC(=O)N1CCC[C@H]1[C@H](OC)[C@@H](C)C(=O)N[C@H](C)[C@@H](O)c1ccccc1)OC)N(C)C(=O)[C@@H](NC(=O)[C@@H](NC)C(C)C)C(C)C.CC[C@H](C)[C@@H]([C@@H](CC(=O)N1CCC[C@H]1[C@H](OC)[C@@H](C)C(=O)N[C@H](C)[C@@H](O)c1ccccc1)OC)N(C)C(=O)[C@@H](NC(=O)[C@@H](NC)C(C)C)C(C)C. The van der Waals surface area contributed by atoms with Gasteiger partial charge < -0.3 is 80.7 Å². The highest BCUT2D eigenvalue weighted by molar-refractivity contribution is 5.91. The molecule has 580 valence electrons. The molecule has 0 aliphatic carbocycles. The van der Waals surface area contributed by atoms with Crippen LogP contribution in [0.4, 0.5) is 0 Å². The number of carbonyl (C=O) groups excluding carboxylic acids is 8. The highest BCUT2D eigenvalue weighted by Crippen LogP contribution is 2.33. The fourth-order valence-corrected chi connectivity index (χ4v) is 14.8. The first kappa shape index (κ1) is 90.1. The van der Waals surface area contributed by atoms with Crippen LogP contribution in [-0.4, -0.2) is 232 Å². The van der Waals surface area contributed by atoms with E-state index in [0.717, 1.165) is 25.7 Å². The van der Waals surface area contributed by atoms with Crippen molar-refractivity contribution in [2.45, 2.75) is 259 Å². The van der Waals surface area contributed by atoms with Gasteiger partial charge in [-0.2, -0.15) is 0 Å². The maximum absolute atomic E-state index is 14.1. The molecule has 102 heavy (non-hydrogen) atoms. The third kappa shape index (κ3) is 24.5. The van der Waals surface area contributed by atoms with Crippen molar-refractivity contribution in [3.63, 3.8) is 0 Å². The van der Waals surface area contributed by atoms with E-state index < -0.39 is 96.8 Å². The van der Waals surface area contributed by atoms with Gasteiger partial charge in [0.1, 0.15) is 12.1 Å². The molecule has 2 fully saturated rings. The number of likely N-dealkylation sites (N-methyl/N-ethyl adjacent to an activating group) is 4. The molecule has 2 aromatic rings. The number of amides is 8. The second kappa shape index (κ2) is 44.0. The van der Waals surface area contributed by atoms with Gasteiger partial charge in [0.15, 0.2) is 0 Å². The van der Waals surface area contributed by atoms with Crippen LogP contribution < -0.4 is 31.9 Å². The molecule has 0 spiro atoms. The van der Waals surface area contributed by atoms with Gasteiger partial charge in [0.05, 0.1) is 110 Å². The number of nitrogens with one attached hydrogen (secondary N) is 6. The monoisotopic (exact) mass is 1440 g/mol. The van der Waals surface area contributed by atoms with Crippen LogP contribution in [0.1, 0.15) is 185 Å². The molecule has 0 bridgehead atoms. The molecule has 0 radical (unpaired) electrons. The zero-order chi connectivity index (χ0) is 77.2. The summed E-state index contributed by atoms with van der Waals surface area (Å²) in [6.07, 6.45) is 0.294. The Morgan fingerprint density at radius 2 is 0.765 bits per heavy atom. The molecule has 8 amide bonds. The van der Waals surface area contributed by atoms with Crippen molar-refractivity contribution in [2.24, 2.45) is 47.3 Å². The Bertz CT molecular complexity index is 2680. The molecule has 8 N–H and O–H groups in total. The molecule has 4 rings (SSSR count). The fourth-order valence-electron chi connectivity index (χ4n) is 14.8. The Hall–Kier alpha value is -6.12. The van der Waals surface area contributed by atoms with E-state index in [0.29, 0.717) is 37.1 Å². The van der Waals surface area contributed by atoms with Gasteiger partial charge in [-0.25, -0.2) is 0 Å². The van der Waals surface area contributed by atoms with Crippen molar-refractivity contribution in [3.05, 3.63) is 71.8 Å². The molecule has 20 atom stereocenters. The molecule has 2 aromatic carbocycles. The number of likely N-dealkylation sites (tertiary alicyclic amines) is 2. The van der Waals surface area contributed by atoms with Crippen LogP contribution in [0, 0.1) is 47.3 Å². The van der Waals surface area contributed by atoms with Crippen molar-refractivity contribution in [1.29, 1.82) is 0 Å². The maximum atomic E-state index is 14.1. The molecule has 2 aliphatic rings. The van der Waals surface area contributed by atoms with E-state index in [1.54, 1.807) is 104 Å². The Morgan fingerprint density at radius 3 is 1.02 bits per heavy atom. The average Bonchev–Trinajstić information content (AvgIpc) is 1.50. The number of hydrogen-bond acceptors (Lipinski definition) is 16. The number of methoxy groups -OCH3 is 4. The lowest BCUT2D eigenvalue weighted by Crippen LogP contribution is -2.59. The first-order valence-corrected chi connectivity index (χ1v) is 37.4. The molecule has 2 saturated heterocycles. The van der Waals surface area contributed by atoms with Crippen LogP contribution in [0.3, 0.4) is 0 Å². The first-order chi connectivity index (χ1) is 48.1. The van der Waals surface area contributed by atoms with Gasteiger partial charge in [-0.05, 0) is 100 Å². The van der Waals surface area contributed by atoms with E-state index in [1.807, 2.05) is 144 Å². The molecule has 2 heterocycles. The summed E-state index contributed by atoms with van der Waals surface area (Å²) in [5.41, 5.74) is 1.42. The summed E-state index contributed by atoms with van der Waals surface area (Å²) in [5.74, 6) is -3.25. The summed E-state index contributed by atoms with van der Waals surface area (Å²) in [4.78, 5) is 117. The normalized spacial score (nSPS) is 20.1. The summed E-state index contributed by atoms with van der Waals surface area (Å²) in [6, 6.07) is 13.3. The minimum atomic E-state index is -0.875. The summed E-state index contributed by atoms with van der Waals surface area (Å²) < 4.78 is 23.8. The quantitative estimate of drug-likeness (QED) is 0.0331. The zero-order valence-electron chi connectivity index (χ0n) is 66.3. The standard InChI is InChI=1S/2C39H67N5O7/c2*1-13-25(6)34(43(10)39(49)33(24(4)5)42-38(48)32(40-9)23(2)3)30(50-11)22-31(45)44-21-17-20-29(44)36(51-12)26(7)37(47)41-27(8)35(46)28-18-15-14-16-19-28/h2*14-16,18-19,23-27,29-30,32-36,40,46H,13,17,20-22H2,1-12H3,(H,41,47)(H,42,48)/t2*25-,26+,27+,29-,30+,32-,33-,34-,35+,36+/m00/s1. The highest BCUT2D eigenvalue weighted by atomic mass is 16.5. The first-order valence-electron chi connectivity index (χ1n) is 37.4. The minimum absolute atomic E-state index is 0.0148. The molecule has 0 unspecified atom stereocenters. The third-order valence-electron chi connectivity index (χ3n) is 21.5. The van der Waals surface area contributed by atoms with Gasteiger partial charge in [0.25, 0.3) is 0 Å². The van der Waals surface area contributed by atoms with Gasteiger partial charge >= 0.3 is 0 Å². The molecule has 0 saturated carbocycles. The van der Waals surface area contributed by atoms with Gasteiger partial charge in [-0.15, -0.1) is 0 Å². The summed E-state index contributed by atoms with van der Waals surface area (Å²) in [7, 11) is 13.1. The van der Waals surface area contributed by atoms with E-state index >= 15 is 0 Å². The smallest absolute Gasteiger partial charge is 0.245 e. The lowest BCUT2D eigenvalue weighted by Gasteiger charge is -2.41. The van der Waals surface area contributed by atoms with Gasteiger partial charge in [-0.1, -0.05) is 170 Å². The van der Waals surface area contributed by atoms with Crippen molar-refractivity contribution in [1.82, 2.24) is 51.5 Å². The summed E-state index contributed by atoms with van der Waals surface area (Å²) >= 11 is 0. The van der Waals surface area contributed by atoms with E-state index in [-0.39, 0.29) is 108 Å². The van der Waals surface area contributed by atoms with E-state index in [1.165, 1.54) is 0 Å². The third-order valence-corrected chi connectivity index (χ3v) is 21.5. The summed E-state index contributed by atoms with van der Waals surface area (Å²) in [6.45, 7) is 31.7. The van der Waals surface area contributed by atoms with Crippen LogP contribution in [-0.2, 0) is 57.3 Å². The Balaban J connectivity index is 0.000000530. The molecule has 24 heteroatoms. The van der Waals surface area contributed by atoms with Crippen molar-refractivity contribution in [3.8, 4) is 0 Å². The molecular weight excluding hydrogens is 1300 g/mol. The van der Waals surface area contributed by atoms with Crippen molar-refractivity contribution >= 4 is 47.3 Å². The van der Waals surface area contributed by atoms with E-state index in [9.17, 15) is 48.6 Å². The van der Waals surface area contributed by atoms with Crippen molar-refractivity contribution in [2.75, 3.05) is 69.7 Å². The molecular formula is C78H134N10O14. The number of aliphatic hydroxyl groups excluding tert-OH is 2. The molecule has 2 aliphatic heterocycles. The van der Waals surface area contributed by atoms with E-state index in [4.69, 9.17) is 18.9 Å². The minimum Gasteiger partial charge on any atom is -0.386 e. The average molecular weight is 1440 g/mol. The Labute approximate surface area is 611 Å². The van der Waals surface area contributed by atoms with Gasteiger partial charge in [0.2, 0.25) is 47.3 Å². The lowest BCUT2D eigenvalue weighted by atomic mass is 9.89. The lowest BCUT2D eigenvalue weighted by molar-refractivity contribution is -0.148. The fraction of sp³-hybridized carbons (Fsp3) is 0.744. The number of hydrogen-bond donors (Lipinski definition) is 8. The molecule has 24 nitrogen and oxygen atoms in total. The van der Waals surface area contributed by atoms with Gasteiger partial charge in [0, 0.05) is 55.6 Å². The number of carbonyl (C=O) groups is 8. The summed E-state index contributed by atoms with van der Waals surface area (Å²) in [5, 5.41) is 39.6. The number of nitrogens with zero attached hydrogens (tertiary/aromatic N) is 4. The number of aliphatic hydroxyl groups is 2. The van der Waals surface area contributed by atoms with Crippen LogP contribution in [0.2, 0.25) is 0 Å². The van der Waals surface area contributed by atoms with Crippen molar-refractivity contribution < 1.29 is 67.5 Å². The van der Waals surface area contributed by atoms with Crippen LogP contribution in [0.25, 0.3) is 0 Å². The largest absolute Gasteiger partial charge is 0.386 e. The number of rotatable bonds is 40. The number of ether oxygens (including phenoxy) is 4. The second-order valence-corrected chi connectivity index (χ2v) is 30.0. The van der Waals surface area contributed by atoms with Crippen LogP contribution in [0.15, 0.2) is 60.7 Å². The predicted octanol–water partition coefficient (Wildman–Crippen LogP) is 7.06. The Kier molecular flexibility index (Phi) is 38.9. The van der Waals surface area contributed by atoms with Gasteiger partial charge in [-0.3, -0.25) is 38.4 Å². The topological polar surface area (TPSA) is 299 Å². The number of benzene rings is 2. The predicted molar refractivity (Wildman–Crippen MR) is 399 cm³/mol. The highest BCUT2D eigenvalue weighted by Gasteiger charge is 2.46. The van der Waals surface area contributed by atoms with Crippen LogP contribution >= 0.6 is 0 Å². The van der Waals surface area contributed by atoms with Crippen LogP contribution in [0.5, 0.6) is 0 Å². The second-order valence-electron chi connectivity index (χ2n) is 30.0. The molecule has 0 aromatic heterocycles. The van der Waals surface area contributed by atoms with E-state index in [2.05, 4.69) is 31.9 Å². The zero-order valence-corrected chi connectivity index (χ0v) is 66.3.